The van der Waals surface area contributed by atoms with Gasteiger partial charge in [-0.2, -0.15) is 0 Å². The lowest BCUT2D eigenvalue weighted by molar-refractivity contribution is 0.0685. The normalized spacial score (nSPS) is 10.6. The molecule has 0 saturated heterocycles. The number of hydrogen-bond acceptors (Lipinski definition) is 2. The Labute approximate surface area is 88.1 Å². The first-order chi connectivity index (χ1) is 6.70. The molecule has 5 heteroatoms. The van der Waals surface area contributed by atoms with E-state index in [2.05, 4.69) is 25.9 Å². The van der Waals surface area contributed by atoms with E-state index in [1.807, 2.05) is 12.1 Å². The molecule has 0 radical (unpaired) electrons. The Morgan fingerprint density at radius 3 is 3.00 bits per heavy atom. The summed E-state index contributed by atoms with van der Waals surface area (Å²) in [5.74, 6) is -1.06. The van der Waals surface area contributed by atoms with Crippen LogP contribution in [0.15, 0.2) is 18.2 Å². The molecule has 0 atom stereocenters. The number of nitrogens with zero attached hydrogens (tertiary/aromatic N) is 1. The molecule has 1 aromatic carbocycles. The second-order valence-corrected chi connectivity index (χ2v) is 3.44. The summed E-state index contributed by atoms with van der Waals surface area (Å²) >= 11 is 3.33. The fraction of sp³-hybridized carbons (Fsp3) is 0.111. The van der Waals surface area contributed by atoms with Crippen molar-refractivity contribution >= 4 is 32.9 Å². The Hall–Kier alpha value is -1.36. The largest absolute Gasteiger partial charge is 0.475 e. The molecule has 1 aromatic heterocycles. The van der Waals surface area contributed by atoms with Gasteiger partial charge in [0.05, 0.1) is 11.0 Å². The van der Waals surface area contributed by atoms with Gasteiger partial charge in [0.2, 0.25) is 5.82 Å². The highest BCUT2D eigenvalue weighted by Crippen LogP contribution is 2.15. The molecule has 72 valence electrons. The summed E-state index contributed by atoms with van der Waals surface area (Å²) in [4.78, 5) is 17.3. The Kier molecular flexibility index (Phi) is 2.25. The maximum Gasteiger partial charge on any atom is 0.371 e. The van der Waals surface area contributed by atoms with Gasteiger partial charge in [0.1, 0.15) is 0 Å². The number of carbonyl (C=O) groups is 1. The van der Waals surface area contributed by atoms with Crippen LogP contribution < -0.4 is 0 Å². The number of benzene rings is 1. The van der Waals surface area contributed by atoms with Crippen LogP contribution in [-0.4, -0.2) is 21.0 Å². The van der Waals surface area contributed by atoms with Crippen molar-refractivity contribution in [1.29, 1.82) is 0 Å². The van der Waals surface area contributed by atoms with Crippen LogP contribution in [0.3, 0.4) is 0 Å². The quantitative estimate of drug-likeness (QED) is 0.808. The van der Waals surface area contributed by atoms with Crippen LogP contribution in [0.5, 0.6) is 0 Å². The molecule has 14 heavy (non-hydrogen) atoms. The van der Waals surface area contributed by atoms with Crippen molar-refractivity contribution < 1.29 is 9.90 Å². The van der Waals surface area contributed by atoms with E-state index in [1.165, 1.54) is 0 Å². The maximum absolute atomic E-state index is 10.6. The number of aromatic carboxylic acids is 1. The van der Waals surface area contributed by atoms with E-state index in [9.17, 15) is 4.79 Å². The van der Waals surface area contributed by atoms with Crippen LogP contribution in [0.4, 0.5) is 0 Å². The average Bonchev–Trinajstić information content (AvgIpc) is 2.59. The first-order valence-electron chi connectivity index (χ1n) is 3.98. The highest BCUT2D eigenvalue weighted by Gasteiger charge is 2.08. The third-order valence-electron chi connectivity index (χ3n) is 1.90. The summed E-state index contributed by atoms with van der Waals surface area (Å²) in [7, 11) is 0. The van der Waals surface area contributed by atoms with Crippen molar-refractivity contribution in [2.75, 3.05) is 0 Å². The Morgan fingerprint density at radius 2 is 2.36 bits per heavy atom. The van der Waals surface area contributed by atoms with E-state index in [1.54, 1.807) is 6.07 Å². The molecule has 2 aromatic rings. The summed E-state index contributed by atoms with van der Waals surface area (Å²) in [6, 6.07) is 5.59. The molecule has 4 nitrogen and oxygen atoms in total. The molecule has 0 aliphatic carbocycles. The van der Waals surface area contributed by atoms with Gasteiger partial charge in [0.25, 0.3) is 0 Å². The maximum atomic E-state index is 10.6. The van der Waals surface area contributed by atoms with Crippen LogP contribution in [0.2, 0.25) is 0 Å². The first-order valence-corrected chi connectivity index (χ1v) is 5.11. The highest BCUT2D eigenvalue weighted by atomic mass is 79.9. The van der Waals surface area contributed by atoms with Gasteiger partial charge >= 0.3 is 5.97 Å². The topological polar surface area (TPSA) is 66.0 Å². The SMILES string of the molecule is O=C(O)c1nc2ccc(CBr)cc2[nH]1. The number of aromatic nitrogens is 2. The van der Waals surface area contributed by atoms with Crippen LogP contribution in [0.25, 0.3) is 11.0 Å². The van der Waals surface area contributed by atoms with Crippen molar-refractivity contribution in [3.8, 4) is 0 Å². The first kappa shape index (κ1) is 9.21. The van der Waals surface area contributed by atoms with E-state index in [0.717, 1.165) is 16.4 Å². The lowest BCUT2D eigenvalue weighted by Crippen LogP contribution is -1.97. The number of H-pyrrole nitrogens is 1. The number of nitrogens with one attached hydrogen (secondary N) is 1. The van der Waals surface area contributed by atoms with Crippen molar-refractivity contribution in [3.05, 3.63) is 29.6 Å². The van der Waals surface area contributed by atoms with Gasteiger partial charge in [-0.15, -0.1) is 0 Å². The van der Waals surface area contributed by atoms with Crippen LogP contribution in [-0.2, 0) is 5.33 Å². The molecule has 2 rings (SSSR count). The standard InChI is InChI=1S/C9H7BrN2O2/c10-4-5-1-2-6-7(3-5)12-8(11-6)9(13)14/h1-3H,4H2,(H,11,12)(H,13,14). The van der Waals surface area contributed by atoms with Crippen LogP contribution in [0, 0.1) is 0 Å². The Morgan fingerprint density at radius 1 is 1.57 bits per heavy atom. The van der Waals surface area contributed by atoms with Gasteiger partial charge in [0.15, 0.2) is 0 Å². The number of hydrogen-bond donors (Lipinski definition) is 2. The summed E-state index contributed by atoms with van der Waals surface area (Å²) < 4.78 is 0. The summed E-state index contributed by atoms with van der Waals surface area (Å²) in [6.07, 6.45) is 0. The summed E-state index contributed by atoms with van der Waals surface area (Å²) in [5.41, 5.74) is 2.50. The minimum Gasteiger partial charge on any atom is -0.475 e. The number of halogens is 1. The lowest BCUT2D eigenvalue weighted by atomic mass is 10.2. The fourth-order valence-corrected chi connectivity index (χ4v) is 1.59. The number of fused-ring (bicyclic) bond motifs is 1. The number of aromatic amines is 1. The van der Waals surface area contributed by atoms with Gasteiger partial charge in [0, 0.05) is 5.33 Å². The van der Waals surface area contributed by atoms with Crippen molar-refractivity contribution in [3.63, 3.8) is 0 Å². The number of rotatable bonds is 2. The fourth-order valence-electron chi connectivity index (χ4n) is 1.24. The predicted octanol–water partition coefficient (Wildman–Crippen LogP) is 2.16. The zero-order valence-electron chi connectivity index (χ0n) is 7.12. The number of imidazole rings is 1. The predicted molar refractivity (Wildman–Crippen MR) is 55.7 cm³/mol. The van der Waals surface area contributed by atoms with Crippen molar-refractivity contribution in [2.45, 2.75) is 5.33 Å². The zero-order valence-corrected chi connectivity index (χ0v) is 8.71. The van der Waals surface area contributed by atoms with Gasteiger partial charge < -0.3 is 10.1 Å². The number of carboxylic acid groups (broad SMARTS) is 1. The molecule has 0 aliphatic heterocycles. The van der Waals surface area contributed by atoms with Crippen molar-refractivity contribution in [2.24, 2.45) is 0 Å². The molecule has 0 fully saturated rings. The van der Waals surface area contributed by atoms with Crippen LogP contribution in [0.1, 0.15) is 16.2 Å². The van der Waals surface area contributed by atoms with Gasteiger partial charge in [-0.3, -0.25) is 0 Å². The van der Waals surface area contributed by atoms with E-state index in [4.69, 9.17) is 5.11 Å². The van der Waals surface area contributed by atoms with Gasteiger partial charge in [-0.25, -0.2) is 9.78 Å². The Bertz CT molecular complexity index is 493. The van der Waals surface area contributed by atoms with Crippen LogP contribution >= 0.6 is 15.9 Å². The lowest BCUT2D eigenvalue weighted by Gasteiger charge is -1.92. The summed E-state index contributed by atoms with van der Waals surface area (Å²) in [6.45, 7) is 0. The molecule has 2 N–H and O–H groups in total. The summed E-state index contributed by atoms with van der Waals surface area (Å²) in [5, 5.41) is 9.45. The minimum absolute atomic E-state index is 0.0216. The number of alkyl halides is 1. The molecular formula is C9H7BrN2O2. The molecule has 0 spiro atoms. The highest BCUT2D eigenvalue weighted by molar-refractivity contribution is 9.08. The Balaban J connectivity index is 2.60. The van der Waals surface area contributed by atoms with Gasteiger partial charge in [-0.05, 0) is 17.7 Å². The van der Waals surface area contributed by atoms with Crippen molar-refractivity contribution in [1.82, 2.24) is 9.97 Å². The molecule has 0 bridgehead atoms. The molecule has 0 saturated carbocycles. The minimum atomic E-state index is -1.04. The molecule has 0 unspecified atom stereocenters. The third kappa shape index (κ3) is 1.50. The second kappa shape index (κ2) is 3.42. The monoisotopic (exact) mass is 254 g/mol. The van der Waals surface area contributed by atoms with E-state index in [-0.39, 0.29) is 5.82 Å². The van der Waals surface area contributed by atoms with E-state index in [0.29, 0.717) is 5.52 Å². The zero-order chi connectivity index (χ0) is 10.1. The molecule has 0 aliphatic rings. The van der Waals surface area contributed by atoms with E-state index >= 15 is 0 Å². The molecule has 1 heterocycles. The van der Waals surface area contributed by atoms with Gasteiger partial charge in [-0.1, -0.05) is 22.0 Å². The second-order valence-electron chi connectivity index (χ2n) is 2.88. The molecular weight excluding hydrogens is 248 g/mol. The smallest absolute Gasteiger partial charge is 0.371 e. The number of carboxylic acids is 1. The average molecular weight is 255 g/mol. The van der Waals surface area contributed by atoms with E-state index < -0.39 is 5.97 Å². The third-order valence-corrected chi connectivity index (χ3v) is 2.55. The molecule has 0 amide bonds.